The van der Waals surface area contributed by atoms with Crippen LogP contribution in [0, 0.1) is 11.8 Å². The Bertz CT molecular complexity index is 284. The molecule has 1 heterocycles. The molecule has 3 heteroatoms. The van der Waals surface area contributed by atoms with Crippen molar-refractivity contribution in [2.45, 2.75) is 70.8 Å². The van der Waals surface area contributed by atoms with Gasteiger partial charge >= 0.3 is 0 Å². The summed E-state index contributed by atoms with van der Waals surface area (Å²) in [5, 5.41) is 9.66. The van der Waals surface area contributed by atoms with Crippen LogP contribution in [0.2, 0.25) is 0 Å². The molecular formula is C16H29NO2. The molecule has 2 rings (SSSR count). The third-order valence-electron chi connectivity index (χ3n) is 4.97. The average molecular weight is 267 g/mol. The van der Waals surface area contributed by atoms with Crippen LogP contribution in [-0.2, 0) is 4.79 Å². The Labute approximate surface area is 117 Å². The topological polar surface area (TPSA) is 40.5 Å². The maximum Gasteiger partial charge on any atom is 0.222 e. The molecule has 3 nitrogen and oxygen atoms in total. The number of carbonyl (C=O) groups is 1. The van der Waals surface area contributed by atoms with Crippen molar-refractivity contribution in [3.8, 4) is 0 Å². The first-order valence-electron chi connectivity index (χ1n) is 8.12. The van der Waals surface area contributed by atoms with Gasteiger partial charge in [0, 0.05) is 25.4 Å². The Morgan fingerprint density at radius 1 is 1.26 bits per heavy atom. The van der Waals surface area contributed by atoms with E-state index in [4.69, 9.17) is 0 Å². The van der Waals surface area contributed by atoms with Gasteiger partial charge in [0.2, 0.25) is 5.91 Å². The number of hydrogen-bond acceptors (Lipinski definition) is 2. The van der Waals surface area contributed by atoms with Crippen molar-refractivity contribution in [3.63, 3.8) is 0 Å². The van der Waals surface area contributed by atoms with Crippen LogP contribution >= 0.6 is 0 Å². The van der Waals surface area contributed by atoms with Gasteiger partial charge in [0.05, 0.1) is 6.10 Å². The molecule has 19 heavy (non-hydrogen) atoms. The smallest absolute Gasteiger partial charge is 0.222 e. The summed E-state index contributed by atoms with van der Waals surface area (Å²) in [6.45, 7) is 3.50. The minimum absolute atomic E-state index is 0.283. The van der Waals surface area contributed by atoms with Gasteiger partial charge in [-0.1, -0.05) is 25.7 Å². The predicted octanol–water partition coefficient (Wildman–Crippen LogP) is 2.97. The van der Waals surface area contributed by atoms with Gasteiger partial charge in [0.1, 0.15) is 0 Å². The SMILES string of the molecule is CC(O)C1CCCN(C(=O)CCCC2CCCC2)C1. The first kappa shape index (κ1) is 14.8. The molecule has 1 saturated heterocycles. The highest BCUT2D eigenvalue weighted by atomic mass is 16.3. The highest BCUT2D eigenvalue weighted by Crippen LogP contribution is 2.29. The van der Waals surface area contributed by atoms with Crippen molar-refractivity contribution in [1.29, 1.82) is 0 Å². The molecule has 1 aliphatic carbocycles. The first-order chi connectivity index (χ1) is 9.16. The number of carbonyl (C=O) groups excluding carboxylic acids is 1. The monoisotopic (exact) mass is 267 g/mol. The fourth-order valence-corrected chi connectivity index (χ4v) is 3.63. The summed E-state index contributed by atoms with van der Waals surface area (Å²) < 4.78 is 0. The van der Waals surface area contributed by atoms with Crippen molar-refractivity contribution in [1.82, 2.24) is 4.90 Å². The number of hydrogen-bond donors (Lipinski definition) is 1. The maximum atomic E-state index is 12.2. The molecule has 1 aliphatic heterocycles. The van der Waals surface area contributed by atoms with E-state index in [0.29, 0.717) is 12.3 Å². The fraction of sp³-hybridized carbons (Fsp3) is 0.938. The van der Waals surface area contributed by atoms with Crippen molar-refractivity contribution < 1.29 is 9.90 Å². The second-order valence-electron chi connectivity index (χ2n) is 6.53. The van der Waals surface area contributed by atoms with Crippen LogP contribution < -0.4 is 0 Å². The lowest BCUT2D eigenvalue weighted by Gasteiger charge is -2.34. The van der Waals surface area contributed by atoms with E-state index in [9.17, 15) is 9.90 Å². The zero-order valence-electron chi connectivity index (χ0n) is 12.3. The van der Waals surface area contributed by atoms with E-state index in [1.54, 1.807) is 0 Å². The molecule has 0 radical (unpaired) electrons. The van der Waals surface area contributed by atoms with Crippen molar-refractivity contribution in [3.05, 3.63) is 0 Å². The van der Waals surface area contributed by atoms with E-state index in [1.807, 2.05) is 11.8 Å². The van der Waals surface area contributed by atoms with Gasteiger partial charge in [-0.2, -0.15) is 0 Å². The Morgan fingerprint density at radius 3 is 2.68 bits per heavy atom. The normalized spacial score (nSPS) is 26.6. The Balaban J connectivity index is 1.67. The van der Waals surface area contributed by atoms with Crippen molar-refractivity contribution in [2.24, 2.45) is 11.8 Å². The van der Waals surface area contributed by atoms with Gasteiger partial charge in [-0.05, 0) is 38.5 Å². The van der Waals surface area contributed by atoms with E-state index in [0.717, 1.165) is 38.3 Å². The molecule has 0 aromatic carbocycles. The van der Waals surface area contributed by atoms with Gasteiger partial charge in [0.15, 0.2) is 0 Å². The van der Waals surface area contributed by atoms with Crippen molar-refractivity contribution >= 4 is 5.91 Å². The van der Waals surface area contributed by atoms with Gasteiger partial charge in [0.25, 0.3) is 0 Å². The number of piperidine rings is 1. The molecule has 1 saturated carbocycles. The first-order valence-corrected chi connectivity index (χ1v) is 8.12. The molecule has 2 unspecified atom stereocenters. The minimum atomic E-state index is -0.283. The molecule has 110 valence electrons. The van der Waals surface area contributed by atoms with Crippen LogP contribution in [0.4, 0.5) is 0 Å². The van der Waals surface area contributed by atoms with E-state index in [1.165, 1.54) is 32.1 Å². The molecule has 2 atom stereocenters. The standard InChI is InChI=1S/C16H29NO2/c1-13(18)15-9-5-11-17(12-15)16(19)10-4-8-14-6-2-3-7-14/h13-15,18H,2-12H2,1H3. The zero-order chi connectivity index (χ0) is 13.7. The van der Waals surface area contributed by atoms with E-state index in [2.05, 4.69) is 0 Å². The van der Waals surface area contributed by atoms with Crippen LogP contribution in [0.25, 0.3) is 0 Å². The average Bonchev–Trinajstić information content (AvgIpc) is 2.92. The molecule has 2 aliphatic rings. The molecule has 1 amide bonds. The fourth-order valence-electron chi connectivity index (χ4n) is 3.63. The van der Waals surface area contributed by atoms with Crippen LogP contribution in [0.5, 0.6) is 0 Å². The van der Waals surface area contributed by atoms with Crippen LogP contribution in [0.15, 0.2) is 0 Å². The van der Waals surface area contributed by atoms with E-state index < -0.39 is 0 Å². The molecule has 0 spiro atoms. The van der Waals surface area contributed by atoms with Crippen molar-refractivity contribution in [2.75, 3.05) is 13.1 Å². The zero-order valence-corrected chi connectivity index (χ0v) is 12.3. The number of aliphatic hydroxyl groups excluding tert-OH is 1. The van der Waals surface area contributed by atoms with Gasteiger partial charge in [-0.15, -0.1) is 0 Å². The number of likely N-dealkylation sites (tertiary alicyclic amines) is 1. The predicted molar refractivity (Wildman–Crippen MR) is 76.8 cm³/mol. The van der Waals surface area contributed by atoms with Gasteiger partial charge in [-0.3, -0.25) is 4.79 Å². The lowest BCUT2D eigenvalue weighted by Crippen LogP contribution is -2.42. The van der Waals surface area contributed by atoms with Crippen LogP contribution in [-0.4, -0.2) is 35.1 Å². The Hall–Kier alpha value is -0.570. The maximum absolute atomic E-state index is 12.2. The lowest BCUT2D eigenvalue weighted by atomic mass is 9.93. The summed E-state index contributed by atoms with van der Waals surface area (Å²) in [6, 6.07) is 0. The third kappa shape index (κ3) is 4.48. The molecule has 0 aromatic heterocycles. The second-order valence-corrected chi connectivity index (χ2v) is 6.53. The highest BCUT2D eigenvalue weighted by Gasteiger charge is 2.26. The Kier molecular flexibility index (Phi) is 5.68. The molecule has 1 N–H and O–H groups in total. The molecular weight excluding hydrogens is 238 g/mol. The molecule has 0 aromatic rings. The lowest BCUT2D eigenvalue weighted by molar-refractivity contribution is -0.134. The van der Waals surface area contributed by atoms with Gasteiger partial charge in [-0.25, -0.2) is 0 Å². The summed E-state index contributed by atoms with van der Waals surface area (Å²) in [7, 11) is 0. The summed E-state index contributed by atoms with van der Waals surface area (Å²) in [5.74, 6) is 1.48. The Morgan fingerprint density at radius 2 is 2.00 bits per heavy atom. The number of aliphatic hydroxyl groups is 1. The summed E-state index contributed by atoms with van der Waals surface area (Å²) in [5.41, 5.74) is 0. The second kappa shape index (κ2) is 7.28. The summed E-state index contributed by atoms with van der Waals surface area (Å²) in [4.78, 5) is 14.2. The van der Waals surface area contributed by atoms with E-state index in [-0.39, 0.29) is 12.0 Å². The molecule has 2 fully saturated rings. The van der Waals surface area contributed by atoms with Gasteiger partial charge < -0.3 is 10.0 Å². The highest BCUT2D eigenvalue weighted by molar-refractivity contribution is 5.76. The number of rotatable bonds is 5. The van der Waals surface area contributed by atoms with Crippen LogP contribution in [0.1, 0.15) is 64.7 Å². The number of amides is 1. The third-order valence-corrected chi connectivity index (χ3v) is 4.97. The summed E-state index contributed by atoms with van der Waals surface area (Å²) in [6.07, 6.45) is 10.4. The molecule has 0 bridgehead atoms. The van der Waals surface area contributed by atoms with Crippen LogP contribution in [0.3, 0.4) is 0 Å². The van der Waals surface area contributed by atoms with E-state index >= 15 is 0 Å². The number of nitrogens with zero attached hydrogens (tertiary/aromatic N) is 1. The summed E-state index contributed by atoms with van der Waals surface area (Å²) >= 11 is 0. The largest absolute Gasteiger partial charge is 0.393 e. The quantitative estimate of drug-likeness (QED) is 0.832. The minimum Gasteiger partial charge on any atom is -0.393 e.